The monoisotopic (exact) mass is 1400 g/mol. The van der Waals surface area contributed by atoms with Crippen LogP contribution in [0.4, 0.5) is 0 Å². The van der Waals surface area contributed by atoms with Gasteiger partial charge in [-0.25, -0.2) is 0 Å². The predicted molar refractivity (Wildman–Crippen MR) is 461 cm³/mol. The number of hydrogen-bond acceptors (Lipinski definition) is 2. The van der Waals surface area contributed by atoms with Crippen LogP contribution in [-0.2, 0) is 10.8 Å². The summed E-state index contributed by atoms with van der Waals surface area (Å²) in [6.45, 7) is 4.68. The summed E-state index contributed by atoms with van der Waals surface area (Å²) in [5.74, 6) is 0. The number of hydrogen-bond donors (Lipinski definition) is 0. The molecule has 19 aromatic rings. The molecule has 1 spiro atoms. The van der Waals surface area contributed by atoms with E-state index in [0.29, 0.717) is 0 Å². The Morgan fingerprint density at radius 3 is 0.882 bits per heavy atom. The minimum atomic E-state index is -0.421. The Balaban J connectivity index is 0.000000140. The van der Waals surface area contributed by atoms with Gasteiger partial charge in [-0.2, -0.15) is 0 Å². The zero-order valence-electron chi connectivity index (χ0n) is 61.0. The van der Waals surface area contributed by atoms with E-state index in [1.165, 1.54) is 182 Å². The summed E-state index contributed by atoms with van der Waals surface area (Å²) in [7, 11) is 0. The fraction of sp³-hybridized carbons (Fsp3) is 0.0370. The number of pyridine rings is 2. The average molecular weight is 1400 g/mol. The zero-order chi connectivity index (χ0) is 73.0. The molecule has 3 aliphatic rings. The van der Waals surface area contributed by atoms with E-state index in [9.17, 15) is 0 Å². The predicted octanol–water partition coefficient (Wildman–Crippen LogP) is 28.4. The minimum absolute atomic E-state index is 0.0135. The van der Waals surface area contributed by atoms with E-state index in [1.807, 2.05) is 6.20 Å². The molecule has 22 rings (SSSR count). The van der Waals surface area contributed by atoms with Gasteiger partial charge in [0.2, 0.25) is 0 Å². The third-order valence-electron chi connectivity index (χ3n) is 23.9. The largest absolute Gasteiger partial charge is 0.256 e. The van der Waals surface area contributed by atoms with Crippen LogP contribution in [0, 0.1) is 0 Å². The molecule has 0 saturated heterocycles. The summed E-state index contributed by atoms with van der Waals surface area (Å²) in [4.78, 5) is 10.5. The van der Waals surface area contributed by atoms with Crippen LogP contribution in [0.5, 0.6) is 0 Å². The summed E-state index contributed by atoms with van der Waals surface area (Å²) in [5, 5.41) is 9.73. The maximum absolute atomic E-state index is 5.35. The van der Waals surface area contributed by atoms with Crippen LogP contribution in [0.15, 0.2) is 401 Å². The number of benzene rings is 17. The van der Waals surface area contributed by atoms with Crippen molar-refractivity contribution in [3.63, 3.8) is 0 Å². The number of fused-ring (bicyclic) bond motifs is 17. The van der Waals surface area contributed by atoms with Crippen molar-refractivity contribution in [2.45, 2.75) is 24.7 Å². The lowest BCUT2D eigenvalue weighted by Crippen LogP contribution is -2.26. The zero-order valence-corrected chi connectivity index (χ0v) is 61.0. The topological polar surface area (TPSA) is 25.8 Å². The molecule has 0 saturated carbocycles. The van der Waals surface area contributed by atoms with E-state index in [4.69, 9.17) is 9.97 Å². The number of nitrogens with zero attached hydrogens (tertiary/aromatic N) is 2. The van der Waals surface area contributed by atoms with Crippen molar-refractivity contribution in [2.75, 3.05) is 0 Å². The van der Waals surface area contributed by atoms with Crippen molar-refractivity contribution >= 4 is 43.1 Å². The molecule has 0 atom stereocenters. The third kappa shape index (κ3) is 10.2. The molecular formula is C108H72N2. The van der Waals surface area contributed by atoms with E-state index < -0.39 is 5.41 Å². The van der Waals surface area contributed by atoms with Gasteiger partial charge in [-0.05, 0) is 195 Å². The maximum Gasteiger partial charge on any atom is 0.0731 e. The van der Waals surface area contributed by atoms with E-state index in [0.717, 1.165) is 28.1 Å². The number of aromatic nitrogens is 2. The molecule has 2 heterocycles. The van der Waals surface area contributed by atoms with E-state index in [1.54, 1.807) is 0 Å². The molecule has 0 N–H and O–H groups in total. The fourth-order valence-corrected chi connectivity index (χ4v) is 18.9. The summed E-state index contributed by atoms with van der Waals surface area (Å²) in [6, 6.07) is 142. The molecule has 2 nitrogen and oxygen atoms in total. The lowest BCUT2D eigenvalue weighted by molar-refractivity contribution is 0.660. The second-order valence-corrected chi connectivity index (χ2v) is 30.1. The number of rotatable bonds is 9. The van der Waals surface area contributed by atoms with Crippen molar-refractivity contribution in [1.29, 1.82) is 0 Å². The highest BCUT2D eigenvalue weighted by atomic mass is 14.7. The van der Waals surface area contributed by atoms with E-state index >= 15 is 0 Å². The average Bonchev–Trinajstić information content (AvgIpc) is 1.49. The van der Waals surface area contributed by atoms with Gasteiger partial charge in [-0.3, -0.25) is 9.97 Å². The first-order chi connectivity index (χ1) is 54.3. The molecule has 0 fully saturated rings. The molecule has 0 bridgehead atoms. The summed E-state index contributed by atoms with van der Waals surface area (Å²) in [5.41, 5.74) is 36.9. The normalized spacial score (nSPS) is 13.0. The fourth-order valence-electron chi connectivity index (χ4n) is 18.9. The van der Waals surface area contributed by atoms with Crippen LogP contribution in [0.3, 0.4) is 0 Å². The molecule has 0 radical (unpaired) electrons. The molecular weight excluding hydrogens is 1330 g/mol. The van der Waals surface area contributed by atoms with Crippen LogP contribution in [0.25, 0.3) is 177 Å². The molecule has 110 heavy (non-hydrogen) atoms. The lowest BCUT2D eigenvalue weighted by Gasteiger charge is -2.32. The quantitative estimate of drug-likeness (QED) is 0.135. The second kappa shape index (κ2) is 26.0. The Morgan fingerprint density at radius 2 is 0.464 bits per heavy atom. The van der Waals surface area contributed by atoms with Crippen molar-refractivity contribution in [2.24, 2.45) is 0 Å². The smallest absolute Gasteiger partial charge is 0.0731 e. The first-order valence-electron chi connectivity index (χ1n) is 38.2. The van der Waals surface area contributed by atoms with Crippen LogP contribution in [-0.4, -0.2) is 9.97 Å². The third-order valence-corrected chi connectivity index (χ3v) is 23.9. The Morgan fingerprint density at radius 1 is 0.182 bits per heavy atom. The first-order valence-corrected chi connectivity index (χ1v) is 38.2. The van der Waals surface area contributed by atoms with Gasteiger partial charge in [0.1, 0.15) is 0 Å². The van der Waals surface area contributed by atoms with E-state index in [2.05, 4.69) is 408 Å². The highest BCUT2D eigenvalue weighted by Crippen LogP contribution is 2.65. The molecule has 3 aliphatic carbocycles. The lowest BCUT2D eigenvalue weighted by atomic mass is 9.69. The van der Waals surface area contributed by atoms with Gasteiger partial charge in [0.15, 0.2) is 0 Å². The Hall–Kier alpha value is -13.9. The van der Waals surface area contributed by atoms with E-state index in [-0.39, 0.29) is 5.41 Å². The summed E-state index contributed by atoms with van der Waals surface area (Å²) >= 11 is 0. The molecule has 2 heteroatoms. The molecule has 0 amide bonds. The highest BCUT2D eigenvalue weighted by molar-refractivity contribution is 6.23. The second-order valence-electron chi connectivity index (χ2n) is 30.1. The van der Waals surface area contributed by atoms with Crippen molar-refractivity contribution in [3.8, 4) is 134 Å². The molecule has 2 aromatic heterocycles. The standard InChI is InChI=1S/C56H35N.C52H37N/c1-2-15-36(16-3-1)37-29-31-38(32-30-37)53-44-20-4-6-22-46(44)54(47-23-7-5-21-45(47)53)52-34-33-39(35-57-52)40-24-14-25-48-43-19-10-13-28-51(43)56(55(40)48)49-26-11-8-17-41(49)42-18-9-12-27-50(42)56;1-52(2)47-19-11-10-14-41(47)42-30-28-39(32-48(42)52)36-20-22-37(23-21-36)40-29-31-49(53-33-40)51-45-17-8-6-15-43(45)50(44-16-7-9-18-46(44)51)38-26-24-35(25-27-38)34-12-4-3-5-13-34/h1-35H;3-33H,1-2H3. The van der Waals surface area contributed by atoms with Gasteiger partial charge in [-0.1, -0.05) is 384 Å². The van der Waals surface area contributed by atoms with Gasteiger partial charge in [-0.15, -0.1) is 0 Å². The van der Waals surface area contributed by atoms with Crippen LogP contribution in [0.2, 0.25) is 0 Å². The van der Waals surface area contributed by atoms with Crippen molar-refractivity contribution in [1.82, 2.24) is 9.97 Å². The first kappa shape index (κ1) is 64.5. The summed E-state index contributed by atoms with van der Waals surface area (Å²) in [6.07, 6.45) is 4.13. The van der Waals surface area contributed by atoms with Crippen LogP contribution < -0.4 is 0 Å². The van der Waals surface area contributed by atoms with Gasteiger partial charge >= 0.3 is 0 Å². The Kier molecular flexibility index (Phi) is 15.2. The van der Waals surface area contributed by atoms with Crippen molar-refractivity contribution in [3.05, 3.63) is 434 Å². The van der Waals surface area contributed by atoms with Gasteiger partial charge < -0.3 is 0 Å². The highest BCUT2D eigenvalue weighted by Gasteiger charge is 2.52. The Bertz CT molecular complexity index is 6680. The molecule has 17 aromatic carbocycles. The van der Waals surface area contributed by atoms with Crippen LogP contribution >= 0.6 is 0 Å². The molecule has 514 valence electrons. The maximum atomic E-state index is 5.35. The van der Waals surface area contributed by atoms with Crippen molar-refractivity contribution < 1.29 is 0 Å². The van der Waals surface area contributed by atoms with Crippen LogP contribution in [0.1, 0.15) is 47.2 Å². The molecule has 0 aliphatic heterocycles. The minimum Gasteiger partial charge on any atom is -0.256 e. The van der Waals surface area contributed by atoms with Gasteiger partial charge in [0, 0.05) is 40.1 Å². The molecule has 0 unspecified atom stereocenters. The van der Waals surface area contributed by atoms with Gasteiger partial charge in [0.25, 0.3) is 0 Å². The van der Waals surface area contributed by atoms with Gasteiger partial charge in [0.05, 0.1) is 16.8 Å². The SMILES string of the molecule is CC1(C)c2ccccc2-c2ccc(-c3ccc(-c4ccc(-c5c6ccccc6c(-c6ccc(-c7ccccc7)cc6)c6ccccc56)nc4)cc3)cc21.c1ccc(-c2ccc(-c3c4ccccc4c(-c4ccc(-c5cccc6c5C5(c7ccccc7-c7ccccc75)c5ccccc5-6)cn4)c4ccccc34)cc2)cc1. The Labute approximate surface area is 641 Å². The summed E-state index contributed by atoms with van der Waals surface area (Å²) < 4.78 is 0.